The third kappa shape index (κ3) is 3.44. The Hall–Kier alpha value is -2.62. The fourth-order valence-corrected chi connectivity index (χ4v) is 5.00. The summed E-state index contributed by atoms with van der Waals surface area (Å²) < 4.78 is 35.2. The number of hydrogen-bond acceptors (Lipinski definition) is 6. The normalized spacial score (nSPS) is 11.7. The van der Waals surface area contributed by atoms with Crippen molar-refractivity contribution in [3.05, 3.63) is 64.3 Å². The predicted molar refractivity (Wildman–Crippen MR) is 109 cm³/mol. The molecule has 4 rings (SSSR count). The van der Waals surface area contributed by atoms with Crippen LogP contribution in [0.25, 0.3) is 16.6 Å². The van der Waals surface area contributed by atoms with Crippen molar-refractivity contribution < 1.29 is 12.8 Å². The average Bonchev–Trinajstić information content (AvgIpc) is 3.37. The molecule has 4 aromatic rings. The minimum absolute atomic E-state index is 0.112. The van der Waals surface area contributed by atoms with Crippen molar-refractivity contribution in [2.45, 2.75) is 18.7 Å². The molecule has 1 N–H and O–H groups in total. The molecule has 0 amide bonds. The van der Waals surface area contributed by atoms with E-state index in [0.717, 1.165) is 0 Å². The minimum atomic E-state index is -3.86. The van der Waals surface area contributed by atoms with E-state index in [2.05, 4.69) is 14.8 Å². The van der Waals surface area contributed by atoms with Gasteiger partial charge >= 0.3 is 0 Å². The van der Waals surface area contributed by atoms with Gasteiger partial charge in [-0.25, -0.2) is 13.4 Å². The second-order valence-electron chi connectivity index (χ2n) is 6.04. The fraction of sp³-hybridized carbons (Fsp3) is 0.111. The van der Waals surface area contributed by atoms with Gasteiger partial charge in [-0.05, 0) is 43.7 Å². The third-order valence-corrected chi connectivity index (χ3v) is 6.75. The van der Waals surface area contributed by atoms with Crippen LogP contribution in [0.4, 0.5) is 5.82 Å². The molecule has 0 saturated heterocycles. The second kappa shape index (κ2) is 7.08. The first kappa shape index (κ1) is 18.7. The van der Waals surface area contributed by atoms with Crippen molar-refractivity contribution in [2.24, 2.45) is 0 Å². The molecule has 144 valence electrons. The highest BCUT2D eigenvalue weighted by molar-refractivity contribution is 7.92. The van der Waals surface area contributed by atoms with Crippen LogP contribution in [0.5, 0.6) is 0 Å². The largest absolute Gasteiger partial charge is 0.463 e. The molecule has 0 saturated carbocycles. The van der Waals surface area contributed by atoms with Crippen LogP contribution in [0.3, 0.4) is 0 Å². The van der Waals surface area contributed by atoms with Crippen LogP contribution in [-0.4, -0.2) is 23.2 Å². The SMILES string of the molecule is Cc1cc(NS(=O)(=O)c2cccc(Cl)c2C)n(-c2nc(-c3ccco3)cs2)n1. The van der Waals surface area contributed by atoms with Gasteiger partial charge in [0.1, 0.15) is 11.5 Å². The summed E-state index contributed by atoms with van der Waals surface area (Å²) in [6.45, 7) is 3.44. The maximum absolute atomic E-state index is 12.9. The van der Waals surface area contributed by atoms with Gasteiger partial charge in [-0.1, -0.05) is 17.7 Å². The molecule has 28 heavy (non-hydrogen) atoms. The molecule has 0 radical (unpaired) electrons. The first-order chi connectivity index (χ1) is 13.3. The van der Waals surface area contributed by atoms with Gasteiger partial charge in [-0.2, -0.15) is 9.78 Å². The number of aryl methyl sites for hydroxylation is 1. The van der Waals surface area contributed by atoms with Gasteiger partial charge in [0.2, 0.25) is 5.13 Å². The average molecular weight is 435 g/mol. The van der Waals surface area contributed by atoms with Crippen LogP contribution >= 0.6 is 22.9 Å². The molecule has 1 aromatic carbocycles. The van der Waals surface area contributed by atoms with Crippen molar-refractivity contribution >= 4 is 38.8 Å². The molecular weight excluding hydrogens is 420 g/mol. The van der Waals surface area contributed by atoms with Crippen molar-refractivity contribution in [1.29, 1.82) is 0 Å². The zero-order chi connectivity index (χ0) is 19.9. The van der Waals surface area contributed by atoms with E-state index in [4.69, 9.17) is 16.0 Å². The van der Waals surface area contributed by atoms with Crippen LogP contribution < -0.4 is 4.72 Å². The van der Waals surface area contributed by atoms with E-state index in [-0.39, 0.29) is 10.7 Å². The Morgan fingerprint density at radius 2 is 2.04 bits per heavy atom. The third-order valence-electron chi connectivity index (χ3n) is 4.02. The lowest BCUT2D eigenvalue weighted by Crippen LogP contribution is -2.17. The zero-order valence-electron chi connectivity index (χ0n) is 14.9. The topological polar surface area (TPSA) is 90.0 Å². The smallest absolute Gasteiger partial charge is 0.263 e. The lowest BCUT2D eigenvalue weighted by Gasteiger charge is -2.11. The molecule has 10 heteroatoms. The Balaban J connectivity index is 1.72. The first-order valence-corrected chi connectivity index (χ1v) is 10.9. The molecular formula is C18H15ClN4O3S2. The Morgan fingerprint density at radius 3 is 2.79 bits per heavy atom. The van der Waals surface area contributed by atoms with Crippen LogP contribution in [0.2, 0.25) is 5.02 Å². The van der Waals surface area contributed by atoms with Gasteiger partial charge < -0.3 is 4.42 Å². The molecule has 3 heterocycles. The summed E-state index contributed by atoms with van der Waals surface area (Å²) in [5.74, 6) is 0.917. The second-order valence-corrected chi connectivity index (χ2v) is 8.94. The highest BCUT2D eigenvalue weighted by atomic mass is 35.5. The summed E-state index contributed by atoms with van der Waals surface area (Å²) in [4.78, 5) is 4.61. The molecule has 0 bridgehead atoms. The number of furan rings is 1. The molecule has 3 aromatic heterocycles. The van der Waals surface area contributed by atoms with E-state index in [1.165, 1.54) is 22.1 Å². The predicted octanol–water partition coefficient (Wildman–Crippen LogP) is 4.66. The number of nitrogens with zero attached hydrogens (tertiary/aromatic N) is 3. The van der Waals surface area contributed by atoms with E-state index in [9.17, 15) is 8.42 Å². The van der Waals surface area contributed by atoms with E-state index in [0.29, 0.717) is 32.9 Å². The monoisotopic (exact) mass is 434 g/mol. The lowest BCUT2D eigenvalue weighted by atomic mass is 10.2. The maximum Gasteiger partial charge on any atom is 0.263 e. The number of sulfonamides is 1. The van der Waals surface area contributed by atoms with Crippen LogP contribution in [-0.2, 0) is 10.0 Å². The van der Waals surface area contributed by atoms with Crippen molar-refractivity contribution in [2.75, 3.05) is 4.72 Å². The highest BCUT2D eigenvalue weighted by Gasteiger charge is 2.22. The summed E-state index contributed by atoms with van der Waals surface area (Å²) in [7, 11) is -3.86. The number of hydrogen-bond donors (Lipinski definition) is 1. The van der Waals surface area contributed by atoms with Crippen molar-refractivity contribution in [3.8, 4) is 16.6 Å². The van der Waals surface area contributed by atoms with Crippen molar-refractivity contribution in [1.82, 2.24) is 14.8 Å². The van der Waals surface area contributed by atoms with Gasteiger partial charge in [0.05, 0.1) is 16.9 Å². The van der Waals surface area contributed by atoms with Crippen LogP contribution in [0.1, 0.15) is 11.3 Å². The summed E-state index contributed by atoms with van der Waals surface area (Å²) in [5.41, 5.74) is 1.78. The van der Waals surface area contributed by atoms with Gasteiger partial charge in [0.15, 0.2) is 5.76 Å². The van der Waals surface area contributed by atoms with E-state index in [1.54, 1.807) is 50.4 Å². The first-order valence-electron chi connectivity index (χ1n) is 8.19. The van der Waals surface area contributed by atoms with Crippen LogP contribution in [0, 0.1) is 13.8 Å². The van der Waals surface area contributed by atoms with E-state index >= 15 is 0 Å². The fourth-order valence-electron chi connectivity index (χ4n) is 2.69. The number of rotatable bonds is 5. The molecule has 0 aliphatic carbocycles. The Kier molecular flexibility index (Phi) is 4.74. The Bertz CT molecular complexity index is 1240. The van der Waals surface area contributed by atoms with Gasteiger partial charge in [-0.3, -0.25) is 4.72 Å². The van der Waals surface area contributed by atoms with Crippen molar-refractivity contribution in [3.63, 3.8) is 0 Å². The molecule has 0 unspecified atom stereocenters. The van der Waals surface area contributed by atoms with Gasteiger partial charge in [0, 0.05) is 16.5 Å². The summed E-state index contributed by atoms with van der Waals surface area (Å²) in [6.07, 6.45) is 1.57. The number of halogens is 1. The molecule has 0 atom stereocenters. The minimum Gasteiger partial charge on any atom is -0.463 e. The molecule has 0 aliphatic rings. The summed E-state index contributed by atoms with van der Waals surface area (Å²) >= 11 is 7.41. The number of anilines is 1. The van der Waals surface area contributed by atoms with Crippen LogP contribution in [0.15, 0.2) is 57.4 Å². The Labute approximate surface area is 170 Å². The molecule has 7 nitrogen and oxygen atoms in total. The zero-order valence-corrected chi connectivity index (χ0v) is 17.3. The number of thiazole rings is 1. The molecule has 0 spiro atoms. The summed E-state index contributed by atoms with van der Waals surface area (Å²) in [6, 6.07) is 9.98. The van der Waals surface area contributed by atoms with Gasteiger partial charge in [-0.15, -0.1) is 11.3 Å². The lowest BCUT2D eigenvalue weighted by molar-refractivity contribution is 0.580. The number of aromatic nitrogens is 3. The van der Waals surface area contributed by atoms with E-state index < -0.39 is 10.0 Å². The Morgan fingerprint density at radius 1 is 1.21 bits per heavy atom. The summed E-state index contributed by atoms with van der Waals surface area (Å²) in [5, 5.41) is 7.10. The standard InChI is InChI=1S/C18H15ClN4O3S2/c1-11-9-17(22-28(24,25)16-7-3-5-13(19)12(16)2)23(21-11)18-20-14(10-27-18)15-6-4-8-26-15/h3-10,22H,1-2H3. The molecule has 0 fully saturated rings. The quantitative estimate of drug-likeness (QED) is 0.493. The van der Waals surface area contributed by atoms with E-state index in [1.807, 2.05) is 5.38 Å². The molecule has 0 aliphatic heterocycles. The highest BCUT2D eigenvalue weighted by Crippen LogP contribution is 2.29. The number of nitrogens with one attached hydrogen (secondary N) is 1. The number of benzene rings is 1. The van der Waals surface area contributed by atoms with Gasteiger partial charge in [0.25, 0.3) is 10.0 Å². The maximum atomic E-state index is 12.9.